The molecule has 0 saturated carbocycles. The van der Waals surface area contributed by atoms with Crippen molar-refractivity contribution in [2.45, 2.75) is 13.8 Å². The number of carbonyl (C=O) groups excluding carboxylic acids is 2. The Morgan fingerprint density at radius 1 is 1.08 bits per heavy atom. The molecule has 0 saturated heterocycles. The summed E-state index contributed by atoms with van der Waals surface area (Å²) in [6, 6.07) is 19.5. The minimum Gasteiger partial charge on any atom is -0.490 e. The lowest BCUT2D eigenvalue weighted by Gasteiger charge is -2.15. The SMILES string of the molecule is CCOc1cc(/C=C(\C#N)C(=O)Nc2ccccc2Cl)cc(I)c1OCC(=O)Nc1ccc(C)cc1. The number of rotatable bonds is 9. The van der Waals surface area contributed by atoms with Gasteiger partial charge in [-0.15, -0.1) is 0 Å². The number of amides is 2. The smallest absolute Gasteiger partial charge is 0.266 e. The van der Waals surface area contributed by atoms with Gasteiger partial charge in [-0.3, -0.25) is 9.59 Å². The van der Waals surface area contributed by atoms with Gasteiger partial charge in [0.2, 0.25) is 0 Å². The molecule has 0 bridgehead atoms. The predicted molar refractivity (Wildman–Crippen MR) is 149 cm³/mol. The van der Waals surface area contributed by atoms with Crippen molar-refractivity contribution in [2.75, 3.05) is 23.8 Å². The third kappa shape index (κ3) is 7.47. The summed E-state index contributed by atoms with van der Waals surface area (Å²) >= 11 is 8.15. The van der Waals surface area contributed by atoms with Gasteiger partial charge in [-0.2, -0.15) is 5.26 Å². The van der Waals surface area contributed by atoms with E-state index in [1.165, 1.54) is 6.08 Å². The van der Waals surface area contributed by atoms with Crippen molar-refractivity contribution < 1.29 is 19.1 Å². The molecule has 3 rings (SSSR count). The second kappa shape index (κ2) is 13.0. The molecule has 0 heterocycles. The topological polar surface area (TPSA) is 100 Å². The van der Waals surface area contributed by atoms with Gasteiger partial charge in [0.15, 0.2) is 18.1 Å². The first-order valence-electron chi connectivity index (χ1n) is 10.9. The molecular formula is C27H23ClIN3O4. The number of nitrogens with one attached hydrogen (secondary N) is 2. The van der Waals surface area contributed by atoms with Gasteiger partial charge in [-0.1, -0.05) is 41.4 Å². The first kappa shape index (κ1) is 27.0. The lowest BCUT2D eigenvalue weighted by molar-refractivity contribution is -0.118. The Kier molecular flexibility index (Phi) is 9.73. The number of carbonyl (C=O) groups is 2. The summed E-state index contributed by atoms with van der Waals surface area (Å²) in [5, 5.41) is 15.4. The molecule has 0 radical (unpaired) electrons. The zero-order valence-corrected chi connectivity index (χ0v) is 22.5. The lowest BCUT2D eigenvalue weighted by atomic mass is 10.1. The number of nitriles is 1. The summed E-state index contributed by atoms with van der Waals surface area (Å²) in [6.07, 6.45) is 1.45. The summed E-state index contributed by atoms with van der Waals surface area (Å²) in [5.41, 5.74) is 2.62. The molecule has 2 amide bonds. The van der Waals surface area contributed by atoms with Gasteiger partial charge < -0.3 is 20.1 Å². The van der Waals surface area contributed by atoms with Crippen LogP contribution in [0, 0.1) is 21.8 Å². The molecule has 0 aromatic heterocycles. The van der Waals surface area contributed by atoms with E-state index in [9.17, 15) is 14.9 Å². The van der Waals surface area contributed by atoms with E-state index < -0.39 is 5.91 Å². The molecule has 0 unspecified atom stereocenters. The maximum Gasteiger partial charge on any atom is 0.266 e. The minimum atomic E-state index is -0.591. The molecule has 0 aliphatic heterocycles. The molecule has 36 heavy (non-hydrogen) atoms. The van der Waals surface area contributed by atoms with Gasteiger partial charge >= 0.3 is 0 Å². The molecule has 9 heteroatoms. The standard InChI is InChI=1S/C27H23ClIN3O4/c1-3-35-24-14-18(12-19(15-30)27(34)32-23-7-5-4-6-21(23)28)13-22(29)26(24)36-16-25(33)31-20-10-8-17(2)9-11-20/h4-14H,3,16H2,1-2H3,(H,31,33)(H,32,34)/b19-12+. The maximum atomic E-state index is 12.6. The van der Waals surface area contributed by atoms with Crippen LogP contribution in [-0.4, -0.2) is 25.0 Å². The third-order valence-corrected chi connectivity index (χ3v) is 5.94. The Morgan fingerprint density at radius 3 is 2.47 bits per heavy atom. The molecule has 0 aliphatic rings. The number of aryl methyl sites for hydroxylation is 1. The average Bonchev–Trinajstić information content (AvgIpc) is 2.85. The van der Waals surface area contributed by atoms with E-state index in [1.807, 2.05) is 44.2 Å². The zero-order chi connectivity index (χ0) is 26.1. The Morgan fingerprint density at radius 2 is 1.81 bits per heavy atom. The molecule has 0 atom stereocenters. The van der Waals surface area contributed by atoms with Gasteiger partial charge in [-0.05, 0) is 84.5 Å². The van der Waals surface area contributed by atoms with Crippen LogP contribution in [0.15, 0.2) is 66.2 Å². The molecule has 0 spiro atoms. The van der Waals surface area contributed by atoms with Crippen molar-refractivity contribution in [1.82, 2.24) is 0 Å². The van der Waals surface area contributed by atoms with E-state index in [1.54, 1.807) is 36.4 Å². The summed E-state index contributed by atoms with van der Waals surface area (Å²) in [4.78, 5) is 25.0. The van der Waals surface area contributed by atoms with Crippen molar-refractivity contribution in [3.63, 3.8) is 0 Å². The summed E-state index contributed by atoms with van der Waals surface area (Å²) in [6.45, 7) is 3.92. The third-order valence-electron chi connectivity index (χ3n) is 4.81. The normalized spacial score (nSPS) is 10.8. The quantitative estimate of drug-likeness (QED) is 0.169. The summed E-state index contributed by atoms with van der Waals surface area (Å²) < 4.78 is 12.1. The fraction of sp³-hybridized carbons (Fsp3) is 0.148. The zero-order valence-electron chi connectivity index (χ0n) is 19.6. The molecule has 0 aliphatic carbocycles. The molecule has 2 N–H and O–H groups in total. The summed E-state index contributed by atoms with van der Waals surface area (Å²) in [7, 11) is 0. The second-order valence-corrected chi connectivity index (χ2v) is 9.14. The van der Waals surface area contributed by atoms with E-state index in [-0.39, 0.29) is 18.1 Å². The lowest BCUT2D eigenvalue weighted by Crippen LogP contribution is -2.20. The van der Waals surface area contributed by atoms with Gasteiger partial charge in [-0.25, -0.2) is 0 Å². The minimum absolute atomic E-state index is 0.112. The van der Waals surface area contributed by atoms with Crippen LogP contribution in [-0.2, 0) is 9.59 Å². The van der Waals surface area contributed by atoms with Crippen LogP contribution in [0.25, 0.3) is 6.08 Å². The number of para-hydroxylation sites is 1. The van der Waals surface area contributed by atoms with Crippen LogP contribution in [0.1, 0.15) is 18.1 Å². The van der Waals surface area contributed by atoms with Crippen LogP contribution in [0.4, 0.5) is 11.4 Å². The highest BCUT2D eigenvalue weighted by Gasteiger charge is 2.16. The molecule has 7 nitrogen and oxygen atoms in total. The number of benzene rings is 3. The summed E-state index contributed by atoms with van der Waals surface area (Å²) in [5.74, 6) is -0.119. The van der Waals surface area contributed by atoms with Crippen LogP contribution < -0.4 is 20.1 Å². The van der Waals surface area contributed by atoms with Crippen molar-refractivity contribution in [1.29, 1.82) is 5.26 Å². The van der Waals surface area contributed by atoms with Crippen LogP contribution in [0.5, 0.6) is 11.5 Å². The van der Waals surface area contributed by atoms with E-state index >= 15 is 0 Å². The maximum absolute atomic E-state index is 12.6. The van der Waals surface area contributed by atoms with Crippen molar-refractivity contribution >= 4 is 63.5 Å². The van der Waals surface area contributed by atoms with Gasteiger partial charge in [0.25, 0.3) is 11.8 Å². The highest BCUT2D eigenvalue weighted by Crippen LogP contribution is 2.35. The largest absolute Gasteiger partial charge is 0.490 e. The number of halogens is 2. The van der Waals surface area contributed by atoms with E-state index in [0.29, 0.717) is 43.6 Å². The Bertz CT molecular complexity index is 1330. The number of nitrogens with zero attached hydrogens (tertiary/aromatic N) is 1. The number of ether oxygens (including phenoxy) is 2. The molecule has 3 aromatic rings. The Balaban J connectivity index is 1.77. The number of anilines is 2. The van der Waals surface area contributed by atoms with Gasteiger partial charge in [0.05, 0.1) is 20.9 Å². The fourth-order valence-electron chi connectivity index (χ4n) is 3.11. The van der Waals surface area contributed by atoms with Gasteiger partial charge in [0, 0.05) is 5.69 Å². The highest BCUT2D eigenvalue weighted by atomic mass is 127. The average molecular weight is 616 g/mol. The number of hydrogen-bond acceptors (Lipinski definition) is 5. The van der Waals surface area contributed by atoms with Crippen molar-refractivity contribution in [3.05, 3.63) is 86.0 Å². The van der Waals surface area contributed by atoms with Crippen molar-refractivity contribution in [2.24, 2.45) is 0 Å². The predicted octanol–water partition coefficient (Wildman–Crippen LogP) is 6.21. The van der Waals surface area contributed by atoms with E-state index in [4.69, 9.17) is 21.1 Å². The Labute approximate surface area is 228 Å². The Hall–Kier alpha value is -3.55. The van der Waals surface area contributed by atoms with Crippen LogP contribution >= 0.6 is 34.2 Å². The first-order valence-corrected chi connectivity index (χ1v) is 12.4. The van der Waals surface area contributed by atoms with Crippen LogP contribution in [0.3, 0.4) is 0 Å². The molecule has 3 aromatic carbocycles. The molecule has 184 valence electrons. The molecule has 0 fully saturated rings. The second-order valence-electron chi connectivity index (χ2n) is 7.57. The monoisotopic (exact) mass is 615 g/mol. The van der Waals surface area contributed by atoms with Crippen molar-refractivity contribution in [3.8, 4) is 17.6 Å². The highest BCUT2D eigenvalue weighted by molar-refractivity contribution is 14.1. The van der Waals surface area contributed by atoms with Crippen LogP contribution in [0.2, 0.25) is 5.02 Å². The number of hydrogen-bond donors (Lipinski definition) is 2. The van der Waals surface area contributed by atoms with E-state index in [0.717, 1.165) is 5.56 Å². The molecular weight excluding hydrogens is 593 g/mol. The first-order chi connectivity index (χ1) is 17.3. The van der Waals surface area contributed by atoms with E-state index in [2.05, 4.69) is 33.2 Å². The fourth-order valence-corrected chi connectivity index (χ4v) is 4.08. The van der Waals surface area contributed by atoms with Gasteiger partial charge in [0.1, 0.15) is 11.6 Å².